The zero-order valence-corrected chi connectivity index (χ0v) is 20.1. The third-order valence-electron chi connectivity index (χ3n) is 5.04. The monoisotopic (exact) mass is 491 g/mol. The van der Waals surface area contributed by atoms with E-state index < -0.39 is 15.9 Å². The molecule has 0 saturated heterocycles. The first-order valence-electron chi connectivity index (χ1n) is 10.2. The van der Waals surface area contributed by atoms with E-state index in [1.54, 1.807) is 12.1 Å². The molecule has 1 N–H and O–H groups in total. The number of thiazole rings is 1. The predicted molar refractivity (Wildman–Crippen MR) is 134 cm³/mol. The zero-order chi connectivity index (χ0) is 24.3. The van der Waals surface area contributed by atoms with Crippen LogP contribution < -0.4 is 14.3 Å². The van der Waals surface area contributed by atoms with Crippen LogP contribution in [0.5, 0.6) is 5.75 Å². The van der Waals surface area contributed by atoms with Crippen LogP contribution in [0.1, 0.15) is 15.9 Å². The van der Waals surface area contributed by atoms with Gasteiger partial charge in [-0.3, -0.25) is 9.52 Å². The average Bonchev–Trinajstić information content (AvgIpc) is 3.15. The highest BCUT2D eigenvalue weighted by atomic mass is 32.2. The van der Waals surface area contributed by atoms with Gasteiger partial charge in [0.2, 0.25) is 0 Å². The number of hydrogen-bond donors (Lipinski definition) is 1. The number of amides is 1. The van der Waals surface area contributed by atoms with Crippen LogP contribution in [0.2, 0.25) is 0 Å². The van der Waals surface area contributed by atoms with Gasteiger partial charge in [0.25, 0.3) is 15.9 Å². The van der Waals surface area contributed by atoms with Gasteiger partial charge in [-0.25, -0.2) is 8.42 Å². The molecule has 0 aliphatic carbocycles. The molecule has 4 rings (SSSR count). The molecule has 9 heteroatoms. The van der Waals surface area contributed by atoms with Crippen LogP contribution in [0.25, 0.3) is 10.2 Å². The van der Waals surface area contributed by atoms with Gasteiger partial charge in [-0.2, -0.15) is 4.99 Å². The molecule has 0 fully saturated rings. The minimum absolute atomic E-state index is 0.0986. The summed E-state index contributed by atoms with van der Waals surface area (Å²) in [4.78, 5) is 17.7. The van der Waals surface area contributed by atoms with E-state index in [1.807, 2.05) is 29.7 Å². The molecule has 7 nitrogen and oxygen atoms in total. The number of hydrogen-bond acceptors (Lipinski definition) is 5. The van der Waals surface area contributed by atoms with Gasteiger partial charge in [0.15, 0.2) is 4.80 Å². The average molecular weight is 492 g/mol. The van der Waals surface area contributed by atoms with Crippen molar-refractivity contribution in [3.05, 3.63) is 82.7 Å². The summed E-state index contributed by atoms with van der Waals surface area (Å²) in [6.45, 7) is 2.29. The molecule has 172 valence electrons. The van der Waals surface area contributed by atoms with E-state index in [0.29, 0.717) is 28.3 Å². The van der Waals surface area contributed by atoms with Crippen molar-refractivity contribution in [2.45, 2.75) is 18.4 Å². The van der Waals surface area contributed by atoms with Gasteiger partial charge in [0.05, 0.1) is 28.8 Å². The molecule has 1 heterocycles. The highest BCUT2D eigenvalue weighted by Crippen LogP contribution is 2.21. The summed E-state index contributed by atoms with van der Waals surface area (Å²) in [5, 5.41) is 0. The summed E-state index contributed by atoms with van der Waals surface area (Å²) in [5.41, 5.74) is 2.68. The molecule has 0 radical (unpaired) electrons. The number of terminal acetylenes is 1. The molecular weight excluding hydrogens is 470 g/mol. The Hall–Kier alpha value is -3.87. The van der Waals surface area contributed by atoms with E-state index in [1.165, 1.54) is 54.8 Å². The van der Waals surface area contributed by atoms with Crippen molar-refractivity contribution in [3.8, 4) is 18.1 Å². The number of nitrogens with one attached hydrogen (secondary N) is 1. The Morgan fingerprint density at radius 2 is 1.82 bits per heavy atom. The fraction of sp³-hybridized carbons (Fsp3) is 0.120. The number of fused-ring (bicyclic) bond motifs is 1. The van der Waals surface area contributed by atoms with Crippen molar-refractivity contribution in [2.75, 3.05) is 11.8 Å². The van der Waals surface area contributed by atoms with Crippen molar-refractivity contribution in [1.82, 2.24) is 4.57 Å². The predicted octanol–water partition coefficient (Wildman–Crippen LogP) is 4.19. The SMILES string of the molecule is C#CCn1c(=NC(=O)c2ccc(NS(=O)(=O)c3ccc(OC)cc3)cc2)sc2cc(C)ccc21. The lowest BCUT2D eigenvalue weighted by atomic mass is 10.2. The van der Waals surface area contributed by atoms with E-state index in [-0.39, 0.29) is 4.90 Å². The summed E-state index contributed by atoms with van der Waals surface area (Å²) < 4.78 is 35.6. The molecule has 0 atom stereocenters. The van der Waals surface area contributed by atoms with Gasteiger partial charge in [0, 0.05) is 11.3 Å². The molecule has 3 aromatic carbocycles. The number of ether oxygens (including phenoxy) is 1. The topological polar surface area (TPSA) is 89.8 Å². The highest BCUT2D eigenvalue weighted by molar-refractivity contribution is 7.92. The number of methoxy groups -OCH3 is 1. The first kappa shape index (κ1) is 23.3. The van der Waals surface area contributed by atoms with Crippen LogP contribution in [0.15, 0.2) is 76.6 Å². The number of sulfonamides is 1. The molecule has 1 amide bonds. The maximum Gasteiger partial charge on any atom is 0.279 e. The van der Waals surface area contributed by atoms with Crippen LogP contribution >= 0.6 is 11.3 Å². The summed E-state index contributed by atoms with van der Waals surface area (Å²) in [6, 6.07) is 18.1. The second-order valence-corrected chi connectivity index (χ2v) is 10.1. The highest BCUT2D eigenvalue weighted by Gasteiger charge is 2.15. The van der Waals surface area contributed by atoms with Crippen LogP contribution in [0, 0.1) is 19.3 Å². The standard InChI is InChI=1S/C25H21N3O4S2/c1-4-15-28-22-14-5-17(2)16-23(22)33-25(28)26-24(29)18-6-8-19(9-7-18)27-34(30,31)21-12-10-20(32-3)11-13-21/h1,5-14,16,27H,15H2,2-3H3. The largest absolute Gasteiger partial charge is 0.497 e. The minimum atomic E-state index is -3.78. The maximum atomic E-state index is 12.8. The van der Waals surface area contributed by atoms with Gasteiger partial charge >= 0.3 is 0 Å². The molecule has 1 aromatic heterocycles. The first-order valence-corrected chi connectivity index (χ1v) is 12.5. The molecule has 4 aromatic rings. The van der Waals surface area contributed by atoms with Crippen LogP contribution in [-0.4, -0.2) is 26.0 Å². The van der Waals surface area contributed by atoms with E-state index in [0.717, 1.165) is 15.8 Å². The Kier molecular flexibility index (Phi) is 6.54. The number of nitrogens with zero attached hydrogens (tertiary/aromatic N) is 2. The number of benzene rings is 3. The van der Waals surface area contributed by atoms with Crippen LogP contribution in [0.4, 0.5) is 5.69 Å². The maximum absolute atomic E-state index is 12.8. The van der Waals surface area contributed by atoms with Gasteiger partial charge in [-0.1, -0.05) is 23.3 Å². The quantitative estimate of drug-likeness (QED) is 0.410. The Balaban J connectivity index is 1.58. The van der Waals surface area contributed by atoms with Crippen molar-refractivity contribution in [2.24, 2.45) is 4.99 Å². The fourth-order valence-electron chi connectivity index (χ4n) is 3.31. The van der Waals surface area contributed by atoms with Crippen LogP contribution in [0.3, 0.4) is 0 Å². The molecule has 0 aliphatic heterocycles. The Morgan fingerprint density at radius 1 is 1.12 bits per heavy atom. The summed E-state index contributed by atoms with van der Waals surface area (Å²) in [7, 11) is -2.28. The molecule has 0 saturated carbocycles. The lowest BCUT2D eigenvalue weighted by molar-refractivity contribution is 0.0998. The number of aryl methyl sites for hydroxylation is 1. The Morgan fingerprint density at radius 3 is 2.47 bits per heavy atom. The number of carbonyl (C=O) groups is 1. The molecule has 0 spiro atoms. The molecule has 34 heavy (non-hydrogen) atoms. The van der Waals surface area contributed by atoms with Crippen molar-refractivity contribution in [3.63, 3.8) is 0 Å². The number of carbonyl (C=O) groups excluding carboxylic acids is 1. The van der Waals surface area contributed by atoms with E-state index in [4.69, 9.17) is 11.2 Å². The minimum Gasteiger partial charge on any atom is -0.497 e. The second-order valence-electron chi connectivity index (χ2n) is 7.42. The van der Waals surface area contributed by atoms with Crippen molar-refractivity contribution < 1.29 is 17.9 Å². The Bertz CT molecular complexity index is 1570. The lowest BCUT2D eigenvalue weighted by Gasteiger charge is -2.09. The van der Waals surface area contributed by atoms with Crippen molar-refractivity contribution in [1.29, 1.82) is 0 Å². The van der Waals surface area contributed by atoms with E-state index in [9.17, 15) is 13.2 Å². The summed E-state index contributed by atoms with van der Waals surface area (Å²) in [6.07, 6.45) is 5.52. The lowest BCUT2D eigenvalue weighted by Crippen LogP contribution is -2.16. The molecule has 0 unspecified atom stereocenters. The molecule has 0 bridgehead atoms. The van der Waals surface area contributed by atoms with Crippen molar-refractivity contribution >= 4 is 43.2 Å². The zero-order valence-electron chi connectivity index (χ0n) is 18.5. The van der Waals surface area contributed by atoms with Gasteiger partial charge in [0.1, 0.15) is 5.75 Å². The number of rotatable bonds is 6. The molecule has 0 aliphatic rings. The smallest absolute Gasteiger partial charge is 0.279 e. The molecular formula is C25H21N3O4S2. The fourth-order valence-corrected chi connectivity index (χ4v) is 5.50. The number of aromatic nitrogens is 1. The number of anilines is 1. The van der Waals surface area contributed by atoms with Gasteiger partial charge < -0.3 is 9.30 Å². The normalized spacial score (nSPS) is 11.9. The third kappa shape index (κ3) is 4.88. The summed E-state index contributed by atoms with van der Waals surface area (Å²) in [5.74, 6) is 2.72. The van der Waals surface area contributed by atoms with E-state index in [2.05, 4.69) is 15.6 Å². The second kappa shape index (κ2) is 9.55. The van der Waals surface area contributed by atoms with Crippen LogP contribution in [-0.2, 0) is 16.6 Å². The van der Waals surface area contributed by atoms with Gasteiger partial charge in [-0.15, -0.1) is 6.42 Å². The summed E-state index contributed by atoms with van der Waals surface area (Å²) >= 11 is 1.39. The first-order chi connectivity index (χ1) is 16.3. The Labute approximate surface area is 201 Å². The van der Waals surface area contributed by atoms with E-state index >= 15 is 0 Å². The third-order valence-corrected chi connectivity index (χ3v) is 7.48. The van der Waals surface area contributed by atoms with Gasteiger partial charge in [-0.05, 0) is 73.2 Å².